The van der Waals surface area contributed by atoms with Crippen LogP contribution >= 0.6 is 0 Å². The van der Waals surface area contributed by atoms with E-state index in [1.165, 1.54) is 186 Å². The molecule has 0 aliphatic carbocycles. The quantitative estimate of drug-likeness (QED) is 0.0261. The lowest BCUT2D eigenvalue weighted by Gasteiger charge is -2.18. The van der Waals surface area contributed by atoms with Crippen LogP contribution in [0, 0.1) is 0 Å². The molecule has 0 aromatic carbocycles. The van der Waals surface area contributed by atoms with Gasteiger partial charge in [-0.1, -0.05) is 317 Å². The van der Waals surface area contributed by atoms with Gasteiger partial charge in [-0.15, -0.1) is 0 Å². The molecule has 0 radical (unpaired) electrons. The fraction of sp³-hybridized carbons (Fsp3) is 0.743. The lowest BCUT2D eigenvalue weighted by Crippen LogP contribution is -2.30. The predicted molar refractivity (Wildman–Crippen MR) is 348 cm³/mol. The molecule has 0 saturated heterocycles. The van der Waals surface area contributed by atoms with Crippen molar-refractivity contribution in [3.8, 4) is 0 Å². The van der Waals surface area contributed by atoms with Crippen LogP contribution in [-0.2, 0) is 28.6 Å². The topological polar surface area (TPSA) is 78.9 Å². The molecule has 0 rings (SSSR count). The minimum absolute atomic E-state index is 0.0898. The van der Waals surface area contributed by atoms with Crippen molar-refractivity contribution >= 4 is 17.9 Å². The number of carbonyl (C=O) groups is 3. The molecular formula is C74H128O6. The third-order valence-electron chi connectivity index (χ3n) is 14.8. The minimum atomic E-state index is -0.798. The first kappa shape index (κ1) is 76.3. The van der Waals surface area contributed by atoms with E-state index in [-0.39, 0.29) is 31.1 Å². The Kier molecular flexibility index (Phi) is 64.7. The molecule has 0 aliphatic rings. The van der Waals surface area contributed by atoms with Crippen molar-refractivity contribution in [3.05, 3.63) is 97.2 Å². The SMILES string of the molecule is CC/C=C\C/C=C\C/C=C\C/C=C\CCCCCCCCCCCCC(=O)OC(COC(=O)CCCC/C=C\C/C=C\C/C=C\C/C=C\CC)COC(=O)CCCCCCCCCCCCCCCCCCCCCCCCCC. The van der Waals surface area contributed by atoms with Crippen LogP contribution in [0.3, 0.4) is 0 Å². The molecule has 0 aromatic heterocycles. The van der Waals surface area contributed by atoms with E-state index in [0.29, 0.717) is 19.3 Å². The van der Waals surface area contributed by atoms with Gasteiger partial charge in [0.2, 0.25) is 0 Å². The number of rotatable bonds is 62. The van der Waals surface area contributed by atoms with Crippen molar-refractivity contribution in [1.29, 1.82) is 0 Å². The fourth-order valence-corrected chi connectivity index (χ4v) is 9.78. The lowest BCUT2D eigenvalue weighted by molar-refractivity contribution is -0.167. The lowest BCUT2D eigenvalue weighted by atomic mass is 10.0. The van der Waals surface area contributed by atoms with Gasteiger partial charge in [0.05, 0.1) is 0 Å². The molecular weight excluding hydrogens is 985 g/mol. The van der Waals surface area contributed by atoms with Crippen LogP contribution in [0.5, 0.6) is 0 Å². The average Bonchev–Trinajstić information content (AvgIpc) is 3.46. The Balaban J connectivity index is 4.34. The van der Waals surface area contributed by atoms with Gasteiger partial charge in [0.1, 0.15) is 13.2 Å². The van der Waals surface area contributed by atoms with Crippen molar-refractivity contribution < 1.29 is 28.6 Å². The van der Waals surface area contributed by atoms with Gasteiger partial charge in [0, 0.05) is 19.3 Å². The second-order valence-corrected chi connectivity index (χ2v) is 22.7. The zero-order chi connectivity index (χ0) is 57.8. The van der Waals surface area contributed by atoms with E-state index in [1.807, 2.05) is 0 Å². The van der Waals surface area contributed by atoms with Crippen molar-refractivity contribution in [3.63, 3.8) is 0 Å². The van der Waals surface area contributed by atoms with Crippen LogP contribution in [0.4, 0.5) is 0 Å². The third kappa shape index (κ3) is 65.1. The molecule has 1 atom stereocenters. The van der Waals surface area contributed by atoms with Gasteiger partial charge in [-0.05, 0) is 96.3 Å². The molecule has 0 amide bonds. The molecule has 0 saturated carbocycles. The summed E-state index contributed by atoms with van der Waals surface area (Å²) in [5.74, 6) is -0.922. The van der Waals surface area contributed by atoms with Gasteiger partial charge in [0.25, 0.3) is 0 Å². The van der Waals surface area contributed by atoms with E-state index in [4.69, 9.17) is 14.2 Å². The van der Waals surface area contributed by atoms with Crippen LogP contribution in [0.1, 0.15) is 335 Å². The summed E-state index contributed by atoms with van der Waals surface area (Å²) >= 11 is 0. The van der Waals surface area contributed by atoms with Crippen LogP contribution in [-0.4, -0.2) is 37.2 Å². The highest BCUT2D eigenvalue weighted by atomic mass is 16.6. The molecule has 6 heteroatoms. The largest absolute Gasteiger partial charge is 0.462 e. The van der Waals surface area contributed by atoms with Crippen molar-refractivity contribution in [2.75, 3.05) is 13.2 Å². The number of allylic oxidation sites excluding steroid dienone is 16. The number of unbranched alkanes of at least 4 members (excludes halogenated alkanes) is 35. The maximum absolute atomic E-state index is 12.9. The summed E-state index contributed by atoms with van der Waals surface area (Å²) in [4.78, 5) is 38.4. The van der Waals surface area contributed by atoms with Gasteiger partial charge in [-0.25, -0.2) is 0 Å². The average molecular weight is 1110 g/mol. The van der Waals surface area contributed by atoms with E-state index >= 15 is 0 Å². The molecule has 1 unspecified atom stereocenters. The van der Waals surface area contributed by atoms with Crippen molar-refractivity contribution in [2.24, 2.45) is 0 Å². The molecule has 6 nitrogen and oxygen atoms in total. The summed E-state index contributed by atoms with van der Waals surface area (Å²) in [6.07, 6.45) is 91.5. The van der Waals surface area contributed by atoms with Crippen LogP contribution in [0.15, 0.2) is 97.2 Å². The Morgan fingerprint density at radius 3 is 0.787 bits per heavy atom. The molecule has 0 heterocycles. The first-order valence-electron chi connectivity index (χ1n) is 34.2. The third-order valence-corrected chi connectivity index (χ3v) is 14.8. The second-order valence-electron chi connectivity index (χ2n) is 22.7. The van der Waals surface area contributed by atoms with Crippen LogP contribution < -0.4 is 0 Å². The molecule has 80 heavy (non-hydrogen) atoms. The summed E-state index contributed by atoms with van der Waals surface area (Å²) in [7, 11) is 0. The zero-order valence-corrected chi connectivity index (χ0v) is 52.8. The molecule has 0 bridgehead atoms. The highest BCUT2D eigenvalue weighted by Crippen LogP contribution is 2.18. The van der Waals surface area contributed by atoms with Crippen LogP contribution in [0.25, 0.3) is 0 Å². The normalized spacial score (nSPS) is 12.7. The maximum Gasteiger partial charge on any atom is 0.306 e. The zero-order valence-electron chi connectivity index (χ0n) is 52.8. The van der Waals surface area contributed by atoms with Gasteiger partial charge in [-0.2, -0.15) is 0 Å². The Labute approximate surface area is 496 Å². The molecule has 0 N–H and O–H groups in total. The smallest absolute Gasteiger partial charge is 0.306 e. The number of esters is 3. The van der Waals surface area contributed by atoms with E-state index in [0.717, 1.165) is 109 Å². The number of ether oxygens (including phenoxy) is 3. The fourth-order valence-electron chi connectivity index (χ4n) is 9.78. The van der Waals surface area contributed by atoms with Gasteiger partial charge in [0.15, 0.2) is 6.10 Å². The number of hydrogen-bond donors (Lipinski definition) is 0. The minimum Gasteiger partial charge on any atom is -0.462 e. The standard InChI is InChI=1S/C74H128O6/c1-4-7-10-13-16-19-22-25-28-30-32-34-36-38-39-41-43-46-49-52-55-58-61-64-67-73(76)79-70-71(69-78-72(75)66-63-60-57-54-51-48-45-27-24-21-18-15-12-9-6-3)80-74(77)68-65-62-59-56-53-50-47-44-42-40-37-35-33-31-29-26-23-20-17-14-11-8-5-2/h8-9,11-12,17-18,20-21,26-27,29,33,35,45,51,54,71H,4-7,10,13-16,19,22-25,28,30-32,34,36-44,46-50,52-53,55-70H2,1-3H3/b11-8-,12-9-,20-17-,21-18-,29-26-,35-33-,45-27-,54-51-. The van der Waals surface area contributed by atoms with E-state index in [1.54, 1.807) is 0 Å². The molecule has 0 aliphatic heterocycles. The van der Waals surface area contributed by atoms with Crippen molar-refractivity contribution in [2.45, 2.75) is 341 Å². The number of hydrogen-bond acceptors (Lipinski definition) is 6. The maximum atomic E-state index is 12.9. The second kappa shape index (κ2) is 67.8. The van der Waals surface area contributed by atoms with Gasteiger partial charge < -0.3 is 14.2 Å². The van der Waals surface area contributed by atoms with Gasteiger partial charge >= 0.3 is 17.9 Å². The summed E-state index contributed by atoms with van der Waals surface area (Å²) in [5.41, 5.74) is 0. The number of carbonyl (C=O) groups excluding carboxylic acids is 3. The molecule has 0 fully saturated rings. The highest BCUT2D eigenvalue weighted by molar-refractivity contribution is 5.71. The summed E-state index contributed by atoms with van der Waals surface area (Å²) in [6, 6.07) is 0. The Hall–Kier alpha value is -3.67. The Morgan fingerprint density at radius 1 is 0.263 bits per heavy atom. The first-order valence-corrected chi connectivity index (χ1v) is 34.2. The van der Waals surface area contributed by atoms with E-state index in [9.17, 15) is 14.4 Å². The summed E-state index contributed by atoms with van der Waals surface area (Å²) in [5, 5.41) is 0. The molecule has 0 spiro atoms. The monoisotopic (exact) mass is 1110 g/mol. The van der Waals surface area contributed by atoms with Crippen LogP contribution in [0.2, 0.25) is 0 Å². The molecule has 0 aromatic rings. The Bertz CT molecular complexity index is 1560. The van der Waals surface area contributed by atoms with E-state index in [2.05, 4.69) is 118 Å². The van der Waals surface area contributed by atoms with Crippen molar-refractivity contribution in [1.82, 2.24) is 0 Å². The predicted octanol–water partition coefficient (Wildman–Crippen LogP) is 23.6. The van der Waals surface area contributed by atoms with Gasteiger partial charge in [-0.3, -0.25) is 14.4 Å². The molecule has 460 valence electrons. The van der Waals surface area contributed by atoms with E-state index < -0.39 is 6.10 Å². The summed E-state index contributed by atoms with van der Waals surface area (Å²) < 4.78 is 16.9. The Morgan fingerprint density at radius 2 is 0.487 bits per heavy atom. The summed E-state index contributed by atoms with van der Waals surface area (Å²) in [6.45, 7) is 6.42. The highest BCUT2D eigenvalue weighted by Gasteiger charge is 2.19. The first-order chi connectivity index (χ1) is 39.5.